The van der Waals surface area contributed by atoms with Gasteiger partial charge in [-0.3, -0.25) is 9.59 Å². The number of amides is 2. The summed E-state index contributed by atoms with van der Waals surface area (Å²) < 4.78 is 0. The van der Waals surface area contributed by atoms with Crippen LogP contribution in [0.4, 0.5) is 0 Å². The zero-order valence-corrected chi connectivity index (χ0v) is 12.5. The quantitative estimate of drug-likeness (QED) is 0.916. The van der Waals surface area contributed by atoms with E-state index in [0.29, 0.717) is 6.42 Å². The van der Waals surface area contributed by atoms with Crippen LogP contribution in [0.15, 0.2) is 5.38 Å². The number of hydrogen-bond acceptors (Lipinski definition) is 4. The number of rotatable bonds is 3. The van der Waals surface area contributed by atoms with Crippen LogP contribution >= 0.6 is 11.3 Å². The molecule has 6 heteroatoms. The maximum Gasteiger partial charge on any atom is 0.246 e. The molecule has 1 aliphatic heterocycles. The van der Waals surface area contributed by atoms with Crippen molar-refractivity contribution in [3.63, 3.8) is 0 Å². The van der Waals surface area contributed by atoms with Crippen molar-refractivity contribution in [2.24, 2.45) is 0 Å². The molecule has 1 aromatic rings. The molecule has 0 aliphatic carbocycles. The van der Waals surface area contributed by atoms with Gasteiger partial charge in [0.2, 0.25) is 11.8 Å². The molecule has 104 valence electrons. The van der Waals surface area contributed by atoms with Gasteiger partial charge in [0, 0.05) is 11.1 Å². The Kier molecular flexibility index (Phi) is 3.89. The van der Waals surface area contributed by atoms with Gasteiger partial charge in [0.25, 0.3) is 0 Å². The van der Waals surface area contributed by atoms with Gasteiger partial charge in [-0.25, -0.2) is 4.98 Å². The Morgan fingerprint density at radius 1 is 1.53 bits per heavy atom. The summed E-state index contributed by atoms with van der Waals surface area (Å²) in [6.07, 6.45) is 0.609. The second-order valence-electron chi connectivity index (χ2n) is 4.89. The lowest BCUT2D eigenvalue weighted by molar-refractivity contribution is -0.151. The van der Waals surface area contributed by atoms with Crippen LogP contribution in [-0.2, 0) is 9.59 Å². The van der Waals surface area contributed by atoms with Gasteiger partial charge < -0.3 is 10.2 Å². The molecule has 0 bridgehead atoms. The molecular formula is C13H19N3O2S. The Balaban J connectivity index is 2.29. The van der Waals surface area contributed by atoms with Gasteiger partial charge in [-0.2, -0.15) is 0 Å². The highest BCUT2D eigenvalue weighted by Crippen LogP contribution is 2.28. The van der Waals surface area contributed by atoms with Crippen molar-refractivity contribution in [3.8, 4) is 0 Å². The first kappa shape index (κ1) is 14.0. The van der Waals surface area contributed by atoms with Crippen LogP contribution in [0.3, 0.4) is 0 Å². The first-order chi connectivity index (χ1) is 8.95. The van der Waals surface area contributed by atoms with E-state index in [0.717, 1.165) is 10.7 Å². The summed E-state index contributed by atoms with van der Waals surface area (Å²) in [6, 6.07) is -1.02. The van der Waals surface area contributed by atoms with Gasteiger partial charge >= 0.3 is 0 Å². The standard InChI is InChI=1S/C13H19N3O2S/c1-5-10-13(18)16(8(3)11(17)15-10)9(4)12-14-7(2)6-19-12/h6,8-10H,5H2,1-4H3,(H,15,17). The van der Waals surface area contributed by atoms with Crippen molar-refractivity contribution in [1.82, 2.24) is 15.2 Å². The number of aromatic nitrogens is 1. The first-order valence-electron chi connectivity index (χ1n) is 6.50. The minimum absolute atomic E-state index is 0.0186. The maximum atomic E-state index is 12.4. The minimum atomic E-state index is -0.450. The molecule has 0 spiro atoms. The molecule has 0 radical (unpaired) electrons. The molecular weight excluding hydrogens is 262 g/mol. The van der Waals surface area contributed by atoms with E-state index in [4.69, 9.17) is 0 Å². The van der Waals surface area contributed by atoms with Crippen LogP contribution in [0.25, 0.3) is 0 Å². The van der Waals surface area contributed by atoms with Crippen LogP contribution in [-0.4, -0.2) is 33.8 Å². The van der Waals surface area contributed by atoms with Crippen LogP contribution in [0.5, 0.6) is 0 Å². The molecule has 1 saturated heterocycles. The summed E-state index contributed by atoms with van der Waals surface area (Å²) >= 11 is 1.53. The SMILES string of the molecule is CCC1NC(=O)C(C)N(C(C)c2nc(C)cs2)C1=O. The normalized spacial score (nSPS) is 25.4. The number of carbonyl (C=O) groups is 2. The van der Waals surface area contributed by atoms with Gasteiger partial charge in [0.15, 0.2) is 0 Å². The van der Waals surface area contributed by atoms with Crippen LogP contribution in [0.1, 0.15) is 43.9 Å². The van der Waals surface area contributed by atoms with Crippen molar-refractivity contribution < 1.29 is 9.59 Å². The molecule has 1 aromatic heterocycles. The summed E-state index contributed by atoms with van der Waals surface area (Å²) in [6.45, 7) is 7.51. The van der Waals surface area contributed by atoms with E-state index in [-0.39, 0.29) is 17.9 Å². The fourth-order valence-corrected chi connectivity index (χ4v) is 3.19. The summed E-state index contributed by atoms with van der Waals surface area (Å²) in [7, 11) is 0. The smallest absolute Gasteiger partial charge is 0.246 e. The second kappa shape index (κ2) is 5.28. The molecule has 2 rings (SSSR count). The Bertz CT molecular complexity index is 500. The van der Waals surface area contributed by atoms with Gasteiger partial charge in [0.05, 0.1) is 6.04 Å². The number of hydrogen-bond donors (Lipinski definition) is 1. The highest BCUT2D eigenvalue weighted by Gasteiger charge is 2.40. The van der Waals surface area contributed by atoms with Crippen molar-refractivity contribution in [3.05, 3.63) is 16.1 Å². The van der Waals surface area contributed by atoms with E-state index in [1.807, 2.05) is 26.2 Å². The number of nitrogens with one attached hydrogen (secondary N) is 1. The average molecular weight is 281 g/mol. The number of nitrogens with zero attached hydrogens (tertiary/aromatic N) is 2. The topological polar surface area (TPSA) is 62.3 Å². The van der Waals surface area contributed by atoms with Crippen LogP contribution in [0, 0.1) is 6.92 Å². The third-order valence-corrected chi connectivity index (χ3v) is 4.62. The van der Waals surface area contributed by atoms with E-state index >= 15 is 0 Å². The third kappa shape index (κ3) is 2.49. The predicted octanol–water partition coefficient (Wildman–Crippen LogP) is 1.64. The van der Waals surface area contributed by atoms with Crippen LogP contribution in [0.2, 0.25) is 0 Å². The van der Waals surface area contributed by atoms with Crippen molar-refractivity contribution in [1.29, 1.82) is 0 Å². The summed E-state index contributed by atoms with van der Waals surface area (Å²) in [5, 5.41) is 5.60. The molecule has 1 aliphatic rings. The average Bonchev–Trinajstić information content (AvgIpc) is 2.80. The summed E-state index contributed by atoms with van der Waals surface area (Å²) in [5.74, 6) is -0.110. The van der Waals surface area contributed by atoms with E-state index in [2.05, 4.69) is 10.3 Å². The molecule has 1 N–H and O–H groups in total. The monoisotopic (exact) mass is 281 g/mol. The largest absolute Gasteiger partial charge is 0.343 e. The fourth-order valence-electron chi connectivity index (χ4n) is 2.34. The zero-order chi connectivity index (χ0) is 14.2. The third-order valence-electron chi connectivity index (χ3n) is 3.49. The highest BCUT2D eigenvalue weighted by molar-refractivity contribution is 7.09. The number of piperazine rings is 1. The number of thiazole rings is 1. The molecule has 3 atom stereocenters. The Morgan fingerprint density at radius 2 is 2.21 bits per heavy atom. The lowest BCUT2D eigenvalue weighted by Gasteiger charge is -2.40. The van der Waals surface area contributed by atoms with Gasteiger partial charge in [-0.15, -0.1) is 11.3 Å². The lowest BCUT2D eigenvalue weighted by Crippen LogP contribution is -2.62. The molecule has 5 nitrogen and oxygen atoms in total. The van der Waals surface area contributed by atoms with E-state index < -0.39 is 12.1 Å². The molecule has 0 aromatic carbocycles. The van der Waals surface area contributed by atoms with E-state index in [1.165, 1.54) is 11.3 Å². The van der Waals surface area contributed by atoms with Crippen LogP contribution < -0.4 is 5.32 Å². The minimum Gasteiger partial charge on any atom is -0.343 e. The van der Waals surface area contributed by atoms with Crippen molar-refractivity contribution >= 4 is 23.2 Å². The molecule has 0 saturated carbocycles. The molecule has 19 heavy (non-hydrogen) atoms. The lowest BCUT2D eigenvalue weighted by atomic mass is 10.0. The summed E-state index contributed by atoms with van der Waals surface area (Å²) in [4.78, 5) is 30.4. The van der Waals surface area contributed by atoms with Gasteiger partial charge in [-0.05, 0) is 27.2 Å². The zero-order valence-electron chi connectivity index (χ0n) is 11.6. The molecule has 1 fully saturated rings. The predicted molar refractivity (Wildman–Crippen MR) is 73.8 cm³/mol. The van der Waals surface area contributed by atoms with Crippen molar-refractivity contribution in [2.45, 2.75) is 52.2 Å². The Morgan fingerprint density at radius 3 is 2.74 bits per heavy atom. The van der Waals surface area contributed by atoms with E-state index in [1.54, 1.807) is 11.8 Å². The fraction of sp³-hybridized carbons (Fsp3) is 0.615. The molecule has 2 heterocycles. The molecule has 3 unspecified atom stereocenters. The highest BCUT2D eigenvalue weighted by atomic mass is 32.1. The Hall–Kier alpha value is -1.43. The van der Waals surface area contributed by atoms with E-state index in [9.17, 15) is 9.59 Å². The molecule has 2 amide bonds. The number of aryl methyl sites for hydroxylation is 1. The van der Waals surface area contributed by atoms with Gasteiger partial charge in [0.1, 0.15) is 17.1 Å². The first-order valence-corrected chi connectivity index (χ1v) is 7.38. The van der Waals surface area contributed by atoms with Gasteiger partial charge in [-0.1, -0.05) is 6.92 Å². The Labute approximate surface area is 117 Å². The van der Waals surface area contributed by atoms with Crippen molar-refractivity contribution in [2.75, 3.05) is 0 Å². The maximum absolute atomic E-state index is 12.4. The number of carbonyl (C=O) groups excluding carboxylic acids is 2. The second-order valence-corrected chi connectivity index (χ2v) is 5.78. The summed E-state index contributed by atoms with van der Waals surface area (Å²) in [5.41, 5.74) is 0.945.